The molecule has 0 fully saturated rings. The smallest absolute Gasteiger partial charge is 0.128 e. The monoisotopic (exact) mass is 267 g/mol. The maximum Gasteiger partial charge on any atom is 0.128 e. The Labute approximate surface area is 120 Å². The van der Waals surface area contributed by atoms with Gasteiger partial charge in [0.2, 0.25) is 0 Å². The lowest BCUT2D eigenvalue weighted by molar-refractivity contribution is 0.761. The normalized spacial score (nSPS) is 16.9. The van der Waals surface area contributed by atoms with Gasteiger partial charge in [-0.3, -0.25) is 0 Å². The molecule has 1 N–H and O–H groups in total. The first-order chi connectivity index (χ1) is 9.63. The fourth-order valence-corrected chi connectivity index (χ4v) is 2.81. The minimum Gasteiger partial charge on any atom is -0.377 e. The lowest BCUT2D eigenvalue weighted by atomic mass is 10.0. The van der Waals surface area contributed by atoms with Crippen LogP contribution in [0.3, 0.4) is 0 Å². The van der Waals surface area contributed by atoms with Crippen molar-refractivity contribution in [1.82, 2.24) is 4.98 Å². The Morgan fingerprint density at radius 1 is 1.20 bits per heavy atom. The predicted octanol–water partition coefficient (Wildman–Crippen LogP) is 3.56. The van der Waals surface area contributed by atoms with Crippen molar-refractivity contribution in [2.75, 3.05) is 24.3 Å². The first-order valence-corrected chi connectivity index (χ1v) is 7.13. The standard InChI is InChI=1S/C17H21N3/c1-12-4-5-13-6-8-16(15(13)10-12)19-14-7-9-17(18-11-14)20(2)3/h4-5,7,9-11,16,19H,6,8H2,1-3H3. The highest BCUT2D eigenvalue weighted by Crippen LogP contribution is 2.34. The molecule has 1 aliphatic carbocycles. The SMILES string of the molecule is Cc1ccc2c(c1)C(Nc1ccc(N(C)C)nc1)CC2. The third-order valence-electron chi connectivity index (χ3n) is 3.93. The first-order valence-electron chi connectivity index (χ1n) is 7.13. The second-order valence-electron chi connectivity index (χ2n) is 5.74. The maximum atomic E-state index is 4.46. The molecule has 0 saturated heterocycles. The van der Waals surface area contributed by atoms with Gasteiger partial charge in [-0.05, 0) is 43.0 Å². The molecule has 20 heavy (non-hydrogen) atoms. The molecule has 1 aromatic carbocycles. The van der Waals surface area contributed by atoms with Crippen molar-refractivity contribution < 1.29 is 0 Å². The summed E-state index contributed by atoms with van der Waals surface area (Å²) >= 11 is 0. The van der Waals surface area contributed by atoms with Crippen molar-refractivity contribution in [2.24, 2.45) is 0 Å². The van der Waals surface area contributed by atoms with Crippen molar-refractivity contribution in [2.45, 2.75) is 25.8 Å². The van der Waals surface area contributed by atoms with Crippen molar-refractivity contribution >= 4 is 11.5 Å². The summed E-state index contributed by atoms with van der Waals surface area (Å²) in [6.45, 7) is 2.16. The van der Waals surface area contributed by atoms with Gasteiger partial charge in [0.05, 0.1) is 17.9 Å². The molecule has 0 spiro atoms. The number of hydrogen-bond acceptors (Lipinski definition) is 3. The summed E-state index contributed by atoms with van der Waals surface area (Å²) in [5.41, 5.74) is 5.35. The third kappa shape index (κ3) is 2.48. The van der Waals surface area contributed by atoms with E-state index in [1.54, 1.807) is 0 Å². The van der Waals surface area contributed by atoms with E-state index in [4.69, 9.17) is 0 Å². The molecule has 3 heteroatoms. The summed E-state index contributed by atoms with van der Waals surface area (Å²) in [5, 5.41) is 3.61. The Balaban J connectivity index is 1.78. The molecular weight excluding hydrogens is 246 g/mol. The van der Waals surface area contributed by atoms with Crippen molar-refractivity contribution in [1.29, 1.82) is 0 Å². The molecule has 0 aliphatic heterocycles. The second kappa shape index (κ2) is 5.16. The molecule has 104 valence electrons. The van der Waals surface area contributed by atoms with Crippen molar-refractivity contribution in [3.05, 3.63) is 53.2 Å². The Morgan fingerprint density at radius 3 is 2.75 bits per heavy atom. The van der Waals surface area contributed by atoms with Gasteiger partial charge in [-0.2, -0.15) is 0 Å². The number of nitrogens with one attached hydrogen (secondary N) is 1. The molecule has 1 heterocycles. The van der Waals surface area contributed by atoms with Crippen LogP contribution >= 0.6 is 0 Å². The zero-order chi connectivity index (χ0) is 14.1. The average molecular weight is 267 g/mol. The fourth-order valence-electron chi connectivity index (χ4n) is 2.81. The van der Waals surface area contributed by atoms with Crippen LogP contribution in [-0.4, -0.2) is 19.1 Å². The molecule has 1 atom stereocenters. The highest BCUT2D eigenvalue weighted by atomic mass is 15.1. The van der Waals surface area contributed by atoms with E-state index in [1.807, 2.05) is 25.2 Å². The van der Waals surface area contributed by atoms with E-state index in [1.165, 1.54) is 16.7 Å². The van der Waals surface area contributed by atoms with Crippen LogP contribution in [0.1, 0.15) is 29.2 Å². The molecule has 1 aliphatic rings. The number of hydrogen-bond donors (Lipinski definition) is 1. The number of fused-ring (bicyclic) bond motifs is 1. The van der Waals surface area contributed by atoms with Crippen LogP contribution in [-0.2, 0) is 6.42 Å². The predicted molar refractivity (Wildman–Crippen MR) is 84.4 cm³/mol. The van der Waals surface area contributed by atoms with Gasteiger partial charge in [-0.1, -0.05) is 23.8 Å². The van der Waals surface area contributed by atoms with Gasteiger partial charge in [-0.25, -0.2) is 4.98 Å². The summed E-state index contributed by atoms with van der Waals surface area (Å²) in [4.78, 5) is 6.47. The number of anilines is 2. The van der Waals surface area contributed by atoms with E-state index in [-0.39, 0.29) is 0 Å². The van der Waals surface area contributed by atoms with E-state index < -0.39 is 0 Å². The molecule has 0 bridgehead atoms. The van der Waals surface area contributed by atoms with E-state index in [9.17, 15) is 0 Å². The van der Waals surface area contributed by atoms with Crippen molar-refractivity contribution in [3.8, 4) is 0 Å². The van der Waals surface area contributed by atoms with Gasteiger partial charge < -0.3 is 10.2 Å². The first kappa shape index (κ1) is 13.0. The molecule has 1 aromatic heterocycles. The molecular formula is C17H21N3. The highest BCUT2D eigenvalue weighted by Gasteiger charge is 2.22. The van der Waals surface area contributed by atoms with Crippen LogP contribution in [0.15, 0.2) is 36.5 Å². The van der Waals surface area contributed by atoms with Gasteiger partial charge in [0.15, 0.2) is 0 Å². The van der Waals surface area contributed by atoms with Gasteiger partial charge in [0.25, 0.3) is 0 Å². The van der Waals surface area contributed by atoms with Crippen LogP contribution in [0.5, 0.6) is 0 Å². The molecule has 1 unspecified atom stereocenters. The highest BCUT2D eigenvalue weighted by molar-refractivity contribution is 5.51. The number of aromatic nitrogens is 1. The molecule has 0 saturated carbocycles. The van der Waals surface area contributed by atoms with Crippen LogP contribution in [0.25, 0.3) is 0 Å². The number of aryl methyl sites for hydroxylation is 2. The zero-order valence-electron chi connectivity index (χ0n) is 12.4. The van der Waals surface area contributed by atoms with Crippen LogP contribution in [0.4, 0.5) is 11.5 Å². The maximum absolute atomic E-state index is 4.46. The Bertz CT molecular complexity index is 602. The van der Waals surface area contributed by atoms with E-state index in [0.717, 1.165) is 24.3 Å². The number of benzene rings is 1. The Hall–Kier alpha value is -2.03. The largest absolute Gasteiger partial charge is 0.377 e. The van der Waals surface area contributed by atoms with Gasteiger partial charge in [0.1, 0.15) is 5.82 Å². The van der Waals surface area contributed by atoms with E-state index >= 15 is 0 Å². The zero-order valence-corrected chi connectivity index (χ0v) is 12.4. The summed E-state index contributed by atoms with van der Waals surface area (Å²) in [6.07, 6.45) is 4.24. The molecule has 2 aromatic rings. The van der Waals surface area contributed by atoms with Gasteiger partial charge >= 0.3 is 0 Å². The summed E-state index contributed by atoms with van der Waals surface area (Å²) in [7, 11) is 4.01. The lowest BCUT2D eigenvalue weighted by Crippen LogP contribution is -2.11. The van der Waals surface area contributed by atoms with Gasteiger partial charge in [0, 0.05) is 14.1 Å². The van der Waals surface area contributed by atoms with Crippen LogP contribution in [0.2, 0.25) is 0 Å². The number of pyridine rings is 1. The fraction of sp³-hybridized carbons (Fsp3) is 0.353. The topological polar surface area (TPSA) is 28.2 Å². The molecule has 0 radical (unpaired) electrons. The van der Waals surface area contributed by atoms with E-state index in [0.29, 0.717) is 6.04 Å². The van der Waals surface area contributed by atoms with Crippen LogP contribution in [0, 0.1) is 6.92 Å². The number of rotatable bonds is 3. The van der Waals surface area contributed by atoms with Gasteiger partial charge in [-0.15, -0.1) is 0 Å². The minimum atomic E-state index is 0.414. The van der Waals surface area contributed by atoms with Crippen molar-refractivity contribution in [3.63, 3.8) is 0 Å². The lowest BCUT2D eigenvalue weighted by Gasteiger charge is -2.17. The molecule has 3 nitrogen and oxygen atoms in total. The summed E-state index contributed by atoms with van der Waals surface area (Å²) in [6, 6.07) is 11.3. The minimum absolute atomic E-state index is 0.414. The molecule has 3 rings (SSSR count). The number of nitrogens with zero attached hydrogens (tertiary/aromatic N) is 2. The van der Waals surface area contributed by atoms with E-state index in [2.05, 4.69) is 47.6 Å². The second-order valence-corrected chi connectivity index (χ2v) is 5.74. The molecule has 0 amide bonds. The average Bonchev–Trinajstić information content (AvgIpc) is 2.82. The Kier molecular flexibility index (Phi) is 3.35. The summed E-state index contributed by atoms with van der Waals surface area (Å²) in [5.74, 6) is 0.984. The quantitative estimate of drug-likeness (QED) is 0.921. The summed E-state index contributed by atoms with van der Waals surface area (Å²) < 4.78 is 0. The third-order valence-corrected chi connectivity index (χ3v) is 3.93. The Morgan fingerprint density at radius 2 is 2.05 bits per heavy atom. The van der Waals surface area contributed by atoms with Crippen LogP contribution < -0.4 is 10.2 Å².